The maximum absolute atomic E-state index is 12.3. The summed E-state index contributed by atoms with van der Waals surface area (Å²) in [5, 5.41) is 16.3. The number of thioether (sulfide) groups is 1. The predicted octanol–water partition coefficient (Wildman–Crippen LogP) is 2.97. The van der Waals surface area contributed by atoms with E-state index in [1.807, 2.05) is 18.5 Å². The Morgan fingerprint density at radius 3 is 2.77 bits per heavy atom. The average Bonchev–Trinajstić information content (AvgIpc) is 3.24. The number of hydrogen-bond acceptors (Lipinski definition) is 8. The van der Waals surface area contributed by atoms with E-state index >= 15 is 0 Å². The van der Waals surface area contributed by atoms with Gasteiger partial charge in [0.1, 0.15) is 11.6 Å². The highest BCUT2D eigenvalue weighted by atomic mass is 32.2. The van der Waals surface area contributed by atoms with Crippen molar-refractivity contribution in [2.75, 3.05) is 24.2 Å². The van der Waals surface area contributed by atoms with E-state index < -0.39 is 0 Å². The molecule has 30 heavy (non-hydrogen) atoms. The van der Waals surface area contributed by atoms with Crippen LogP contribution in [0.3, 0.4) is 0 Å². The largest absolute Gasteiger partial charge is 0.369 e. The monoisotopic (exact) mass is 431 g/mol. The maximum Gasteiger partial charge on any atom is 0.224 e. The minimum atomic E-state index is -0.0722. The lowest BCUT2D eigenvalue weighted by Gasteiger charge is -2.11. The normalized spacial score (nSPS) is 11.4. The van der Waals surface area contributed by atoms with Gasteiger partial charge >= 0.3 is 0 Å². The third-order valence-electron chi connectivity index (χ3n) is 4.59. The second-order valence-corrected chi connectivity index (χ2v) is 8.73. The number of aromatic nitrogens is 5. The SMILES string of the molecule is CCSc1nc(NCC(C)C)c2cnn(CCNC(=O)Cc3c(C)noc3C)c2n1. The van der Waals surface area contributed by atoms with Crippen LogP contribution in [0.5, 0.6) is 0 Å². The predicted molar refractivity (Wildman–Crippen MR) is 118 cm³/mol. The van der Waals surface area contributed by atoms with E-state index in [0.717, 1.165) is 45.6 Å². The van der Waals surface area contributed by atoms with Crippen molar-refractivity contribution in [1.29, 1.82) is 0 Å². The molecule has 0 bridgehead atoms. The van der Waals surface area contributed by atoms with E-state index in [-0.39, 0.29) is 12.3 Å². The Kier molecular flexibility index (Phi) is 7.30. The number of rotatable bonds is 10. The van der Waals surface area contributed by atoms with Gasteiger partial charge in [0.2, 0.25) is 5.91 Å². The van der Waals surface area contributed by atoms with Gasteiger partial charge in [-0.05, 0) is 25.5 Å². The Balaban J connectivity index is 1.69. The number of anilines is 1. The Hall–Kier alpha value is -2.62. The van der Waals surface area contributed by atoms with Gasteiger partial charge in [0.15, 0.2) is 10.8 Å². The van der Waals surface area contributed by atoms with Gasteiger partial charge in [-0.15, -0.1) is 0 Å². The van der Waals surface area contributed by atoms with Crippen LogP contribution in [0.1, 0.15) is 37.8 Å². The molecule has 0 saturated heterocycles. The molecule has 0 spiro atoms. The van der Waals surface area contributed by atoms with Crippen molar-refractivity contribution < 1.29 is 9.32 Å². The van der Waals surface area contributed by atoms with Crippen LogP contribution in [0, 0.1) is 19.8 Å². The first-order valence-electron chi connectivity index (χ1n) is 10.2. The Morgan fingerprint density at radius 2 is 2.10 bits per heavy atom. The molecule has 0 aliphatic heterocycles. The molecule has 0 aliphatic carbocycles. The molecular weight excluding hydrogens is 402 g/mol. The molecule has 9 nitrogen and oxygen atoms in total. The highest BCUT2D eigenvalue weighted by Crippen LogP contribution is 2.24. The second kappa shape index (κ2) is 9.92. The van der Waals surface area contributed by atoms with Gasteiger partial charge in [-0.3, -0.25) is 4.79 Å². The third kappa shape index (κ3) is 5.29. The van der Waals surface area contributed by atoms with Crippen LogP contribution >= 0.6 is 11.8 Å². The molecule has 0 atom stereocenters. The molecule has 0 aromatic carbocycles. The molecule has 0 aliphatic rings. The summed E-state index contributed by atoms with van der Waals surface area (Å²) in [7, 11) is 0. The number of carbonyl (C=O) groups excluding carboxylic acids is 1. The highest BCUT2D eigenvalue weighted by Gasteiger charge is 2.15. The highest BCUT2D eigenvalue weighted by molar-refractivity contribution is 7.99. The summed E-state index contributed by atoms with van der Waals surface area (Å²) in [6.07, 6.45) is 2.04. The molecular formula is C20H29N7O2S. The first-order valence-corrected chi connectivity index (χ1v) is 11.2. The summed E-state index contributed by atoms with van der Waals surface area (Å²) in [4.78, 5) is 21.6. The Labute approximate surface area is 180 Å². The summed E-state index contributed by atoms with van der Waals surface area (Å²) in [5.41, 5.74) is 2.36. The first kappa shape index (κ1) is 22.1. The van der Waals surface area contributed by atoms with Crippen molar-refractivity contribution in [3.05, 3.63) is 23.2 Å². The van der Waals surface area contributed by atoms with Crippen LogP contribution in [0.15, 0.2) is 15.9 Å². The summed E-state index contributed by atoms with van der Waals surface area (Å²) in [5.74, 6) is 2.80. The molecule has 0 unspecified atom stereocenters. The maximum atomic E-state index is 12.3. The zero-order valence-electron chi connectivity index (χ0n) is 18.2. The van der Waals surface area contributed by atoms with Crippen LogP contribution < -0.4 is 10.6 Å². The van der Waals surface area contributed by atoms with Crippen molar-refractivity contribution in [3.8, 4) is 0 Å². The average molecular weight is 432 g/mol. The molecule has 0 fully saturated rings. The van der Waals surface area contributed by atoms with Crippen LogP contribution in [-0.4, -0.2) is 49.7 Å². The van der Waals surface area contributed by atoms with E-state index in [1.165, 1.54) is 0 Å². The van der Waals surface area contributed by atoms with Crippen LogP contribution in [0.25, 0.3) is 11.0 Å². The molecule has 0 radical (unpaired) electrons. The lowest BCUT2D eigenvalue weighted by Crippen LogP contribution is -2.29. The summed E-state index contributed by atoms with van der Waals surface area (Å²) >= 11 is 1.60. The zero-order valence-corrected chi connectivity index (χ0v) is 19.0. The van der Waals surface area contributed by atoms with Gasteiger partial charge in [0, 0.05) is 18.7 Å². The van der Waals surface area contributed by atoms with E-state index in [4.69, 9.17) is 4.52 Å². The van der Waals surface area contributed by atoms with E-state index in [0.29, 0.717) is 24.8 Å². The van der Waals surface area contributed by atoms with Crippen LogP contribution in [0.4, 0.5) is 5.82 Å². The number of amides is 1. The van der Waals surface area contributed by atoms with Crippen molar-refractivity contribution in [3.63, 3.8) is 0 Å². The van der Waals surface area contributed by atoms with Crippen LogP contribution in [-0.2, 0) is 17.8 Å². The van der Waals surface area contributed by atoms with E-state index in [1.54, 1.807) is 18.0 Å². The fourth-order valence-corrected chi connectivity index (χ4v) is 3.57. The van der Waals surface area contributed by atoms with Gasteiger partial charge in [-0.1, -0.05) is 37.7 Å². The Morgan fingerprint density at radius 1 is 1.30 bits per heavy atom. The minimum Gasteiger partial charge on any atom is -0.369 e. The molecule has 10 heteroatoms. The van der Waals surface area contributed by atoms with Crippen LogP contribution in [0.2, 0.25) is 0 Å². The van der Waals surface area contributed by atoms with Gasteiger partial charge in [-0.25, -0.2) is 14.6 Å². The van der Waals surface area contributed by atoms with Crippen molar-refractivity contribution in [1.82, 2.24) is 30.2 Å². The van der Waals surface area contributed by atoms with E-state index in [9.17, 15) is 4.79 Å². The molecule has 3 heterocycles. The molecule has 3 aromatic heterocycles. The van der Waals surface area contributed by atoms with Gasteiger partial charge < -0.3 is 15.2 Å². The number of aryl methyl sites for hydroxylation is 2. The summed E-state index contributed by atoms with van der Waals surface area (Å²) < 4.78 is 6.93. The lowest BCUT2D eigenvalue weighted by molar-refractivity contribution is -0.120. The second-order valence-electron chi connectivity index (χ2n) is 7.50. The lowest BCUT2D eigenvalue weighted by atomic mass is 10.1. The van der Waals surface area contributed by atoms with Crippen molar-refractivity contribution in [2.45, 2.75) is 52.7 Å². The number of carbonyl (C=O) groups is 1. The number of nitrogens with one attached hydrogen (secondary N) is 2. The Bertz CT molecular complexity index is 993. The standard InChI is InChI=1S/C20H29N7O2S/c1-6-30-20-24-18(22-10-12(2)3)16-11-23-27(19(16)25-20)8-7-21-17(28)9-15-13(4)26-29-14(15)5/h11-12H,6-10H2,1-5H3,(H,21,28)(H,22,24,25). The smallest absolute Gasteiger partial charge is 0.224 e. The quantitative estimate of drug-likeness (QED) is 0.372. The van der Waals surface area contributed by atoms with Crippen molar-refractivity contribution >= 4 is 34.5 Å². The van der Waals surface area contributed by atoms with Gasteiger partial charge in [0.25, 0.3) is 0 Å². The van der Waals surface area contributed by atoms with Gasteiger partial charge in [-0.2, -0.15) is 5.10 Å². The topological polar surface area (TPSA) is 111 Å². The molecule has 2 N–H and O–H groups in total. The van der Waals surface area contributed by atoms with E-state index in [2.05, 4.69) is 51.6 Å². The zero-order chi connectivity index (χ0) is 21.7. The molecule has 0 saturated carbocycles. The minimum absolute atomic E-state index is 0.0722. The number of nitrogens with zero attached hydrogens (tertiary/aromatic N) is 5. The molecule has 1 amide bonds. The van der Waals surface area contributed by atoms with Gasteiger partial charge in [0.05, 0.1) is 30.2 Å². The summed E-state index contributed by atoms with van der Waals surface area (Å²) in [6, 6.07) is 0. The molecule has 162 valence electrons. The fraction of sp³-hybridized carbons (Fsp3) is 0.550. The fourth-order valence-electron chi connectivity index (χ4n) is 3.01. The van der Waals surface area contributed by atoms with Crippen molar-refractivity contribution in [2.24, 2.45) is 5.92 Å². The molecule has 3 aromatic rings. The first-order chi connectivity index (χ1) is 14.4. The third-order valence-corrected chi connectivity index (χ3v) is 5.32. The number of fused-ring (bicyclic) bond motifs is 1. The summed E-state index contributed by atoms with van der Waals surface area (Å²) in [6.45, 7) is 11.8. The number of hydrogen-bond donors (Lipinski definition) is 2. The molecule has 3 rings (SSSR count).